The highest BCUT2D eigenvalue weighted by molar-refractivity contribution is 5.72. The summed E-state index contributed by atoms with van der Waals surface area (Å²) in [5.41, 5.74) is 0. The molecule has 0 N–H and O–H groups in total. The Hall–Kier alpha value is -0.770. The van der Waals surface area contributed by atoms with Crippen LogP contribution in [0, 0.1) is 0 Å². The van der Waals surface area contributed by atoms with E-state index in [9.17, 15) is 4.79 Å². The van der Waals surface area contributed by atoms with Gasteiger partial charge in [-0.3, -0.25) is 4.84 Å². The van der Waals surface area contributed by atoms with E-state index in [1.54, 1.807) is 21.1 Å². The Kier molecular flexibility index (Phi) is 3.01. The fourth-order valence-electron chi connectivity index (χ4n) is 0.360. The first-order valence-electron chi connectivity index (χ1n) is 2.58. The first-order valence-corrected chi connectivity index (χ1v) is 2.58. The zero-order valence-electron chi connectivity index (χ0n) is 6.21. The van der Waals surface area contributed by atoms with E-state index in [-0.39, 0.29) is 6.03 Å². The fraction of sp³-hybridized carbons (Fsp3) is 0.800. The number of hydrogen-bond donors (Lipinski definition) is 0. The van der Waals surface area contributed by atoms with Gasteiger partial charge in [0.25, 0.3) is 0 Å². The largest absolute Gasteiger partial charge is 0.343 e. The molecule has 0 bridgehead atoms. The van der Waals surface area contributed by atoms with Crippen LogP contribution < -0.4 is 0 Å². The van der Waals surface area contributed by atoms with Gasteiger partial charge in [-0.2, -0.15) is 0 Å². The van der Waals surface area contributed by atoms with Crippen molar-refractivity contribution in [3.8, 4) is 0 Å². The van der Waals surface area contributed by atoms with Gasteiger partial charge in [-0.25, -0.2) is 9.86 Å². The Labute approximate surface area is 54.9 Å². The van der Waals surface area contributed by atoms with Gasteiger partial charge in [0.1, 0.15) is 0 Å². The van der Waals surface area contributed by atoms with Crippen LogP contribution in [0.15, 0.2) is 0 Å². The predicted octanol–water partition coefficient (Wildman–Crippen LogP) is 0.161. The van der Waals surface area contributed by atoms with E-state index in [1.165, 1.54) is 12.0 Å². The van der Waals surface area contributed by atoms with Crippen LogP contribution in [-0.4, -0.2) is 44.2 Å². The van der Waals surface area contributed by atoms with E-state index >= 15 is 0 Å². The summed E-state index contributed by atoms with van der Waals surface area (Å²) in [6.07, 6.45) is 0. The van der Waals surface area contributed by atoms with E-state index in [0.717, 1.165) is 5.06 Å². The number of carbonyl (C=O) groups excluding carboxylic acids is 1. The van der Waals surface area contributed by atoms with Crippen molar-refractivity contribution in [1.29, 1.82) is 0 Å². The summed E-state index contributed by atoms with van der Waals surface area (Å²) >= 11 is 0. The highest BCUT2D eigenvalue weighted by Gasteiger charge is 2.07. The van der Waals surface area contributed by atoms with Gasteiger partial charge in [-0.15, -0.1) is 0 Å². The van der Waals surface area contributed by atoms with Crippen LogP contribution in [0.3, 0.4) is 0 Å². The number of urea groups is 1. The number of rotatable bonds is 1. The molecule has 0 fully saturated rings. The van der Waals surface area contributed by atoms with Crippen LogP contribution in [0.25, 0.3) is 0 Å². The van der Waals surface area contributed by atoms with Crippen LogP contribution >= 0.6 is 0 Å². The van der Waals surface area contributed by atoms with E-state index < -0.39 is 0 Å². The summed E-state index contributed by atoms with van der Waals surface area (Å²) in [6.45, 7) is 0. The Balaban J connectivity index is 3.73. The van der Waals surface area contributed by atoms with Crippen molar-refractivity contribution >= 4 is 6.03 Å². The summed E-state index contributed by atoms with van der Waals surface area (Å²) < 4.78 is 0. The van der Waals surface area contributed by atoms with Gasteiger partial charge in [0, 0.05) is 21.1 Å². The van der Waals surface area contributed by atoms with Gasteiger partial charge in [0.2, 0.25) is 0 Å². The number of hydroxylamine groups is 2. The second-order valence-corrected chi connectivity index (χ2v) is 1.86. The highest BCUT2D eigenvalue weighted by atomic mass is 16.7. The molecule has 54 valence electrons. The van der Waals surface area contributed by atoms with Crippen LogP contribution in [0.5, 0.6) is 0 Å². The smallest absolute Gasteiger partial charge is 0.329 e. The topological polar surface area (TPSA) is 32.8 Å². The summed E-state index contributed by atoms with van der Waals surface area (Å²) in [7, 11) is 6.33. The number of nitrogens with zero attached hydrogens (tertiary/aromatic N) is 2. The quantitative estimate of drug-likeness (QED) is 0.476. The van der Waals surface area contributed by atoms with Crippen molar-refractivity contribution in [3.05, 3.63) is 0 Å². The van der Waals surface area contributed by atoms with Gasteiger partial charge in [-0.05, 0) is 0 Å². The number of amides is 2. The third-order valence-electron chi connectivity index (χ3n) is 0.926. The summed E-state index contributed by atoms with van der Waals surface area (Å²) in [4.78, 5) is 16.9. The third-order valence-corrected chi connectivity index (χ3v) is 0.926. The zero-order valence-corrected chi connectivity index (χ0v) is 6.21. The molecule has 0 aliphatic carbocycles. The molecule has 0 aromatic carbocycles. The molecular formula is C5H12N2O2. The molecule has 0 saturated carbocycles. The standard InChI is InChI=1S/C5H12N2O2/c1-6(2)5(8)7(3)9-4/h1-4H3. The molecule has 0 spiro atoms. The van der Waals surface area contributed by atoms with E-state index in [1.807, 2.05) is 0 Å². The van der Waals surface area contributed by atoms with Crippen LogP contribution in [-0.2, 0) is 4.84 Å². The van der Waals surface area contributed by atoms with Crippen molar-refractivity contribution < 1.29 is 9.63 Å². The molecule has 0 saturated heterocycles. The monoisotopic (exact) mass is 132 g/mol. The SMILES string of the molecule is CON(C)C(=O)N(C)C. The van der Waals surface area contributed by atoms with Crippen molar-refractivity contribution in [2.75, 3.05) is 28.3 Å². The molecule has 4 heteroatoms. The Morgan fingerprint density at radius 3 is 1.89 bits per heavy atom. The summed E-state index contributed by atoms with van der Waals surface area (Å²) in [6, 6.07) is -0.169. The maximum atomic E-state index is 10.8. The maximum Gasteiger partial charge on any atom is 0.343 e. The molecule has 0 aromatic heterocycles. The van der Waals surface area contributed by atoms with Crippen molar-refractivity contribution in [2.45, 2.75) is 0 Å². The normalized spacial score (nSPS) is 8.89. The molecule has 9 heavy (non-hydrogen) atoms. The molecule has 0 aliphatic rings. The lowest BCUT2D eigenvalue weighted by atomic mass is 10.8. The molecule has 0 aromatic rings. The number of hydrogen-bond acceptors (Lipinski definition) is 2. The van der Waals surface area contributed by atoms with Crippen LogP contribution in [0.2, 0.25) is 0 Å². The minimum Gasteiger partial charge on any atom is -0.329 e. The molecule has 0 aliphatic heterocycles. The lowest BCUT2D eigenvalue weighted by Gasteiger charge is -2.18. The molecular weight excluding hydrogens is 120 g/mol. The summed E-state index contributed by atoms with van der Waals surface area (Å²) in [5.74, 6) is 0. The average molecular weight is 132 g/mol. The van der Waals surface area contributed by atoms with Crippen molar-refractivity contribution in [2.24, 2.45) is 0 Å². The van der Waals surface area contributed by atoms with E-state index in [0.29, 0.717) is 0 Å². The molecule has 0 radical (unpaired) electrons. The summed E-state index contributed by atoms with van der Waals surface area (Å²) in [5, 5.41) is 1.15. The Morgan fingerprint density at radius 1 is 1.33 bits per heavy atom. The van der Waals surface area contributed by atoms with E-state index in [4.69, 9.17) is 0 Å². The number of carbonyl (C=O) groups is 1. The molecule has 4 nitrogen and oxygen atoms in total. The molecule has 0 unspecified atom stereocenters. The third kappa shape index (κ3) is 2.32. The van der Waals surface area contributed by atoms with Gasteiger partial charge in [0.05, 0.1) is 7.11 Å². The zero-order chi connectivity index (χ0) is 7.44. The minimum absolute atomic E-state index is 0.169. The first-order chi connectivity index (χ1) is 4.09. The highest BCUT2D eigenvalue weighted by Crippen LogP contribution is 1.88. The second-order valence-electron chi connectivity index (χ2n) is 1.86. The Bertz CT molecular complexity index is 103. The molecule has 0 atom stereocenters. The van der Waals surface area contributed by atoms with Crippen LogP contribution in [0.4, 0.5) is 4.79 Å². The average Bonchev–Trinajstić information content (AvgIpc) is 1.84. The van der Waals surface area contributed by atoms with Gasteiger partial charge in [0.15, 0.2) is 0 Å². The minimum atomic E-state index is -0.169. The predicted molar refractivity (Wildman–Crippen MR) is 33.9 cm³/mol. The van der Waals surface area contributed by atoms with Gasteiger partial charge < -0.3 is 4.90 Å². The lowest BCUT2D eigenvalue weighted by Crippen LogP contribution is -2.35. The first kappa shape index (κ1) is 8.23. The van der Waals surface area contributed by atoms with Crippen molar-refractivity contribution in [3.63, 3.8) is 0 Å². The fourth-order valence-corrected chi connectivity index (χ4v) is 0.360. The van der Waals surface area contributed by atoms with Gasteiger partial charge in [-0.1, -0.05) is 0 Å². The van der Waals surface area contributed by atoms with E-state index in [2.05, 4.69) is 4.84 Å². The van der Waals surface area contributed by atoms with Crippen molar-refractivity contribution in [1.82, 2.24) is 9.96 Å². The second kappa shape index (κ2) is 3.29. The maximum absolute atomic E-state index is 10.8. The lowest BCUT2D eigenvalue weighted by molar-refractivity contribution is -0.0727. The van der Waals surface area contributed by atoms with Crippen LogP contribution in [0.1, 0.15) is 0 Å². The Morgan fingerprint density at radius 2 is 1.78 bits per heavy atom. The molecule has 0 heterocycles. The molecule has 0 rings (SSSR count). The molecule has 2 amide bonds. The van der Waals surface area contributed by atoms with Gasteiger partial charge >= 0.3 is 6.03 Å².